The van der Waals surface area contributed by atoms with Crippen molar-refractivity contribution in [1.29, 1.82) is 0 Å². The SMILES string of the molecule is O=C1CN(C(=O)[C@H]2CC(=O)N(C3CC3)C2)CCN1Cc1ccc(F)cc1. The fraction of sp³-hybridized carbons (Fsp3) is 0.526. The van der Waals surface area contributed by atoms with Crippen LogP contribution < -0.4 is 0 Å². The lowest BCUT2D eigenvalue weighted by Crippen LogP contribution is -2.53. The van der Waals surface area contributed by atoms with Crippen LogP contribution in [-0.4, -0.2) is 64.6 Å². The molecule has 3 aliphatic rings. The number of halogens is 1. The van der Waals surface area contributed by atoms with Crippen molar-refractivity contribution in [1.82, 2.24) is 14.7 Å². The molecule has 2 heterocycles. The fourth-order valence-corrected chi connectivity index (χ4v) is 3.77. The van der Waals surface area contributed by atoms with E-state index in [9.17, 15) is 18.8 Å². The minimum absolute atomic E-state index is 0.0497. The second-order valence-corrected chi connectivity index (χ2v) is 7.38. The lowest BCUT2D eigenvalue weighted by atomic mass is 10.1. The largest absolute Gasteiger partial charge is 0.339 e. The van der Waals surface area contributed by atoms with E-state index in [-0.39, 0.29) is 42.4 Å². The third-order valence-electron chi connectivity index (χ3n) is 5.41. The standard InChI is InChI=1S/C19H22FN3O3/c20-15-3-1-13(2-4-15)10-21-7-8-22(12-18(21)25)19(26)14-9-17(24)23(11-14)16-5-6-16/h1-4,14,16H,5-12H2/t14-/m0/s1. The lowest BCUT2D eigenvalue weighted by molar-refractivity contribution is -0.147. The Bertz CT molecular complexity index is 732. The van der Waals surface area contributed by atoms with Crippen molar-refractivity contribution < 1.29 is 18.8 Å². The van der Waals surface area contributed by atoms with E-state index in [0.717, 1.165) is 18.4 Å². The maximum absolute atomic E-state index is 13.0. The number of piperazine rings is 1. The van der Waals surface area contributed by atoms with Gasteiger partial charge in [0.1, 0.15) is 5.82 Å². The highest BCUT2D eigenvalue weighted by molar-refractivity contribution is 5.92. The highest BCUT2D eigenvalue weighted by atomic mass is 19.1. The van der Waals surface area contributed by atoms with E-state index in [1.807, 2.05) is 4.90 Å². The topological polar surface area (TPSA) is 60.9 Å². The first kappa shape index (κ1) is 17.0. The predicted octanol–water partition coefficient (Wildman–Crippen LogP) is 1.01. The first-order valence-electron chi connectivity index (χ1n) is 9.12. The molecule has 0 radical (unpaired) electrons. The first-order chi connectivity index (χ1) is 12.5. The van der Waals surface area contributed by atoms with Gasteiger partial charge in [-0.2, -0.15) is 0 Å². The number of carbonyl (C=O) groups is 3. The number of hydrogen-bond donors (Lipinski definition) is 0. The Labute approximate surface area is 151 Å². The monoisotopic (exact) mass is 359 g/mol. The van der Waals surface area contributed by atoms with Crippen LogP contribution in [-0.2, 0) is 20.9 Å². The fourth-order valence-electron chi connectivity index (χ4n) is 3.77. The van der Waals surface area contributed by atoms with Gasteiger partial charge in [0.25, 0.3) is 0 Å². The normalized spacial score (nSPS) is 23.7. The van der Waals surface area contributed by atoms with Crippen molar-refractivity contribution in [3.63, 3.8) is 0 Å². The van der Waals surface area contributed by atoms with Crippen molar-refractivity contribution in [2.75, 3.05) is 26.2 Å². The van der Waals surface area contributed by atoms with Gasteiger partial charge in [-0.1, -0.05) is 12.1 Å². The second-order valence-electron chi connectivity index (χ2n) is 7.38. The van der Waals surface area contributed by atoms with Gasteiger partial charge >= 0.3 is 0 Å². The highest BCUT2D eigenvalue weighted by Gasteiger charge is 2.43. The summed E-state index contributed by atoms with van der Waals surface area (Å²) < 4.78 is 13.0. The number of rotatable bonds is 4. The van der Waals surface area contributed by atoms with Gasteiger partial charge < -0.3 is 14.7 Å². The van der Waals surface area contributed by atoms with Gasteiger partial charge in [-0.05, 0) is 30.5 Å². The number of hydrogen-bond acceptors (Lipinski definition) is 3. The molecule has 3 fully saturated rings. The summed E-state index contributed by atoms with van der Waals surface area (Å²) >= 11 is 0. The van der Waals surface area contributed by atoms with Crippen LogP contribution in [0, 0.1) is 11.7 Å². The van der Waals surface area contributed by atoms with Gasteiger partial charge in [0, 0.05) is 38.6 Å². The Balaban J connectivity index is 1.33. The van der Waals surface area contributed by atoms with Gasteiger partial charge in [0.05, 0.1) is 12.5 Å². The molecule has 0 bridgehead atoms. The van der Waals surface area contributed by atoms with E-state index < -0.39 is 0 Å². The summed E-state index contributed by atoms with van der Waals surface area (Å²) in [4.78, 5) is 42.3. The molecule has 0 aromatic heterocycles. The van der Waals surface area contributed by atoms with Crippen LogP contribution in [0.25, 0.3) is 0 Å². The quantitative estimate of drug-likeness (QED) is 0.806. The zero-order chi connectivity index (χ0) is 18.3. The number of amides is 3. The van der Waals surface area contributed by atoms with E-state index in [4.69, 9.17) is 0 Å². The Morgan fingerprint density at radius 1 is 1.08 bits per heavy atom. The second kappa shape index (κ2) is 6.70. The number of nitrogens with zero attached hydrogens (tertiary/aromatic N) is 3. The molecule has 4 rings (SSSR count). The maximum atomic E-state index is 13.0. The lowest BCUT2D eigenvalue weighted by Gasteiger charge is -2.35. The van der Waals surface area contributed by atoms with Crippen LogP contribution in [0.2, 0.25) is 0 Å². The number of likely N-dealkylation sites (tertiary alicyclic amines) is 1. The predicted molar refractivity (Wildman–Crippen MR) is 91.2 cm³/mol. The van der Waals surface area contributed by atoms with Crippen LogP contribution in [0.4, 0.5) is 4.39 Å². The molecule has 0 spiro atoms. The average molecular weight is 359 g/mol. The molecule has 3 amide bonds. The first-order valence-corrected chi connectivity index (χ1v) is 9.12. The van der Waals surface area contributed by atoms with Gasteiger partial charge in [-0.3, -0.25) is 14.4 Å². The van der Waals surface area contributed by atoms with E-state index in [0.29, 0.717) is 32.2 Å². The van der Waals surface area contributed by atoms with Gasteiger partial charge in [0.2, 0.25) is 17.7 Å². The third-order valence-corrected chi connectivity index (χ3v) is 5.41. The van der Waals surface area contributed by atoms with Crippen molar-refractivity contribution >= 4 is 17.7 Å². The van der Waals surface area contributed by atoms with Gasteiger partial charge in [-0.25, -0.2) is 4.39 Å². The molecule has 1 aliphatic carbocycles. The van der Waals surface area contributed by atoms with Crippen molar-refractivity contribution in [2.24, 2.45) is 5.92 Å². The van der Waals surface area contributed by atoms with Crippen LogP contribution in [0.15, 0.2) is 24.3 Å². The molecule has 0 N–H and O–H groups in total. The Morgan fingerprint density at radius 3 is 2.46 bits per heavy atom. The highest BCUT2D eigenvalue weighted by Crippen LogP contribution is 2.33. The summed E-state index contributed by atoms with van der Waals surface area (Å²) in [6, 6.07) is 6.41. The minimum atomic E-state index is -0.320. The summed E-state index contributed by atoms with van der Waals surface area (Å²) in [7, 11) is 0. The molecule has 26 heavy (non-hydrogen) atoms. The van der Waals surface area contributed by atoms with E-state index in [1.54, 1.807) is 21.9 Å². The molecule has 2 aliphatic heterocycles. The minimum Gasteiger partial charge on any atom is -0.339 e. The molecule has 1 aromatic rings. The maximum Gasteiger partial charge on any atom is 0.242 e. The molecule has 1 atom stereocenters. The third kappa shape index (κ3) is 3.43. The molecule has 1 aromatic carbocycles. The van der Waals surface area contributed by atoms with Crippen molar-refractivity contribution in [2.45, 2.75) is 31.8 Å². The van der Waals surface area contributed by atoms with Crippen molar-refractivity contribution in [3.8, 4) is 0 Å². The van der Waals surface area contributed by atoms with Crippen molar-refractivity contribution in [3.05, 3.63) is 35.6 Å². The number of carbonyl (C=O) groups excluding carboxylic acids is 3. The van der Waals surface area contributed by atoms with E-state index in [2.05, 4.69) is 0 Å². The zero-order valence-corrected chi connectivity index (χ0v) is 14.6. The smallest absolute Gasteiger partial charge is 0.242 e. The molecule has 138 valence electrons. The van der Waals surface area contributed by atoms with Gasteiger partial charge in [-0.15, -0.1) is 0 Å². The molecule has 1 saturated carbocycles. The van der Waals surface area contributed by atoms with Crippen LogP contribution in [0.3, 0.4) is 0 Å². The van der Waals surface area contributed by atoms with Crippen LogP contribution >= 0.6 is 0 Å². The van der Waals surface area contributed by atoms with E-state index in [1.165, 1.54) is 12.1 Å². The van der Waals surface area contributed by atoms with Gasteiger partial charge in [0.15, 0.2) is 0 Å². The van der Waals surface area contributed by atoms with Crippen LogP contribution in [0.5, 0.6) is 0 Å². The molecule has 6 nitrogen and oxygen atoms in total. The summed E-state index contributed by atoms with van der Waals surface area (Å²) in [6.45, 7) is 1.88. The Hall–Kier alpha value is -2.44. The van der Waals surface area contributed by atoms with E-state index >= 15 is 0 Å². The number of benzene rings is 1. The summed E-state index contributed by atoms with van der Waals surface area (Å²) in [5.41, 5.74) is 0.862. The zero-order valence-electron chi connectivity index (χ0n) is 14.6. The molecule has 7 heteroatoms. The molecule has 2 saturated heterocycles. The molecular formula is C19H22FN3O3. The average Bonchev–Trinajstić information content (AvgIpc) is 3.40. The Morgan fingerprint density at radius 2 is 1.81 bits per heavy atom. The van der Waals surface area contributed by atoms with Crippen LogP contribution in [0.1, 0.15) is 24.8 Å². The molecule has 0 unspecified atom stereocenters. The summed E-state index contributed by atoms with van der Waals surface area (Å²) in [6.07, 6.45) is 2.33. The summed E-state index contributed by atoms with van der Waals surface area (Å²) in [5.74, 6) is -0.762. The molecular weight excluding hydrogens is 337 g/mol. The summed E-state index contributed by atoms with van der Waals surface area (Å²) in [5, 5.41) is 0. The Kier molecular flexibility index (Phi) is 4.38.